The summed E-state index contributed by atoms with van der Waals surface area (Å²) in [6.45, 7) is 1.13. The van der Waals surface area contributed by atoms with Crippen LogP contribution in [0.25, 0.3) is 0 Å². The van der Waals surface area contributed by atoms with E-state index in [1.54, 1.807) is 17.1 Å². The van der Waals surface area contributed by atoms with Gasteiger partial charge in [0.2, 0.25) is 5.91 Å². The SMILES string of the molecule is O=C(Nc1cnn(Cc2ccccc2)c1)[C@H]1C[C@@H](O)CN1. The molecule has 3 rings (SSSR count). The summed E-state index contributed by atoms with van der Waals surface area (Å²) in [6.07, 6.45) is 3.44. The van der Waals surface area contributed by atoms with Gasteiger partial charge in [0.05, 0.1) is 30.6 Å². The monoisotopic (exact) mass is 286 g/mol. The minimum absolute atomic E-state index is 0.134. The normalized spacial score (nSPS) is 21.4. The highest BCUT2D eigenvalue weighted by molar-refractivity contribution is 5.94. The molecule has 1 aromatic carbocycles. The topological polar surface area (TPSA) is 79.2 Å². The molecule has 6 heteroatoms. The first kappa shape index (κ1) is 13.8. The first-order valence-corrected chi connectivity index (χ1v) is 6.99. The molecule has 0 aliphatic carbocycles. The van der Waals surface area contributed by atoms with Crippen molar-refractivity contribution in [1.82, 2.24) is 15.1 Å². The van der Waals surface area contributed by atoms with Crippen molar-refractivity contribution in [3.8, 4) is 0 Å². The number of amides is 1. The van der Waals surface area contributed by atoms with Crippen molar-refractivity contribution < 1.29 is 9.90 Å². The molecule has 2 heterocycles. The summed E-state index contributed by atoms with van der Waals surface area (Å²) in [5, 5.41) is 19.5. The Morgan fingerprint density at radius 1 is 1.43 bits per heavy atom. The van der Waals surface area contributed by atoms with E-state index in [9.17, 15) is 9.90 Å². The summed E-state index contributed by atoms with van der Waals surface area (Å²) < 4.78 is 1.78. The van der Waals surface area contributed by atoms with Gasteiger partial charge in [0.15, 0.2) is 0 Å². The van der Waals surface area contributed by atoms with E-state index in [0.29, 0.717) is 25.2 Å². The number of carbonyl (C=O) groups is 1. The fourth-order valence-electron chi connectivity index (χ4n) is 2.43. The fourth-order valence-corrected chi connectivity index (χ4v) is 2.43. The quantitative estimate of drug-likeness (QED) is 0.769. The van der Waals surface area contributed by atoms with Gasteiger partial charge >= 0.3 is 0 Å². The summed E-state index contributed by atoms with van der Waals surface area (Å²) in [6, 6.07) is 9.67. The highest BCUT2D eigenvalue weighted by Crippen LogP contribution is 2.11. The maximum atomic E-state index is 12.0. The Bertz CT molecular complexity index is 611. The summed E-state index contributed by atoms with van der Waals surface area (Å²) in [5.74, 6) is -0.134. The van der Waals surface area contributed by atoms with E-state index in [1.807, 2.05) is 30.3 Å². The zero-order chi connectivity index (χ0) is 14.7. The van der Waals surface area contributed by atoms with Gasteiger partial charge in [0.25, 0.3) is 0 Å². The van der Waals surface area contributed by atoms with Crippen LogP contribution in [0.5, 0.6) is 0 Å². The Labute approximate surface area is 122 Å². The Morgan fingerprint density at radius 2 is 2.24 bits per heavy atom. The molecule has 1 saturated heterocycles. The third kappa shape index (κ3) is 3.48. The number of carbonyl (C=O) groups excluding carboxylic acids is 1. The first-order valence-electron chi connectivity index (χ1n) is 6.99. The molecule has 0 spiro atoms. The molecule has 2 aromatic rings. The van der Waals surface area contributed by atoms with E-state index >= 15 is 0 Å². The third-order valence-corrected chi connectivity index (χ3v) is 3.51. The van der Waals surface area contributed by atoms with Crippen molar-refractivity contribution >= 4 is 11.6 Å². The van der Waals surface area contributed by atoms with Crippen LogP contribution < -0.4 is 10.6 Å². The van der Waals surface area contributed by atoms with Crippen molar-refractivity contribution in [2.75, 3.05) is 11.9 Å². The molecule has 1 aliphatic rings. The molecular formula is C15H18N4O2. The van der Waals surface area contributed by atoms with Gasteiger partial charge in [-0.25, -0.2) is 0 Å². The predicted molar refractivity (Wildman–Crippen MR) is 78.8 cm³/mol. The van der Waals surface area contributed by atoms with Gasteiger partial charge in [-0.05, 0) is 12.0 Å². The molecule has 6 nitrogen and oxygen atoms in total. The number of β-amino-alcohol motifs (C(OH)–C–C–N with tert-alkyl or cyclic N) is 1. The number of hydrogen-bond acceptors (Lipinski definition) is 4. The second-order valence-corrected chi connectivity index (χ2v) is 5.25. The number of rotatable bonds is 4. The summed E-state index contributed by atoms with van der Waals surface area (Å²) in [7, 11) is 0. The van der Waals surface area contributed by atoms with Crippen LogP contribution in [0.4, 0.5) is 5.69 Å². The number of nitrogens with one attached hydrogen (secondary N) is 2. The molecule has 2 atom stereocenters. The second kappa shape index (κ2) is 6.07. The molecule has 0 radical (unpaired) electrons. The Kier molecular flexibility index (Phi) is 3.98. The molecular weight excluding hydrogens is 268 g/mol. The summed E-state index contributed by atoms with van der Waals surface area (Å²) in [4.78, 5) is 12.0. The predicted octanol–water partition coefficient (Wildman–Crippen LogP) is 0.593. The standard InChI is InChI=1S/C15H18N4O2/c20-13-6-14(16-8-13)15(21)18-12-7-17-19(10-12)9-11-4-2-1-3-5-11/h1-5,7,10,13-14,16,20H,6,8-9H2,(H,18,21)/t13-,14-/m1/s1. The number of benzene rings is 1. The van der Waals surface area contributed by atoms with Crippen LogP contribution in [0.2, 0.25) is 0 Å². The van der Waals surface area contributed by atoms with Gasteiger partial charge in [0.1, 0.15) is 0 Å². The highest BCUT2D eigenvalue weighted by Gasteiger charge is 2.28. The molecule has 1 fully saturated rings. The van der Waals surface area contributed by atoms with Crippen LogP contribution in [0.15, 0.2) is 42.7 Å². The highest BCUT2D eigenvalue weighted by atomic mass is 16.3. The van der Waals surface area contributed by atoms with Crippen molar-refractivity contribution in [2.24, 2.45) is 0 Å². The molecule has 3 N–H and O–H groups in total. The van der Waals surface area contributed by atoms with E-state index in [-0.39, 0.29) is 11.9 Å². The minimum Gasteiger partial charge on any atom is -0.392 e. The number of aromatic nitrogens is 2. The van der Waals surface area contributed by atoms with Crippen LogP contribution in [-0.2, 0) is 11.3 Å². The summed E-state index contributed by atoms with van der Waals surface area (Å²) in [5.41, 5.74) is 1.82. The molecule has 110 valence electrons. The van der Waals surface area contributed by atoms with E-state index in [1.165, 1.54) is 0 Å². The Morgan fingerprint density at radius 3 is 2.95 bits per heavy atom. The minimum atomic E-state index is -0.443. The molecule has 1 aliphatic heterocycles. The van der Waals surface area contributed by atoms with Gasteiger partial charge in [0, 0.05) is 12.7 Å². The number of anilines is 1. The van der Waals surface area contributed by atoms with Crippen molar-refractivity contribution in [2.45, 2.75) is 25.1 Å². The average Bonchev–Trinajstić information content (AvgIpc) is 3.09. The zero-order valence-electron chi connectivity index (χ0n) is 11.6. The number of aliphatic hydroxyl groups excluding tert-OH is 1. The van der Waals surface area contributed by atoms with Crippen molar-refractivity contribution in [1.29, 1.82) is 0 Å². The van der Waals surface area contributed by atoms with Crippen molar-refractivity contribution in [3.05, 3.63) is 48.3 Å². The van der Waals surface area contributed by atoms with Gasteiger partial charge in [-0.2, -0.15) is 5.10 Å². The van der Waals surface area contributed by atoms with E-state index < -0.39 is 6.10 Å². The maximum absolute atomic E-state index is 12.0. The van der Waals surface area contributed by atoms with E-state index in [0.717, 1.165) is 5.56 Å². The molecule has 0 unspecified atom stereocenters. The van der Waals surface area contributed by atoms with Crippen LogP contribution in [0.1, 0.15) is 12.0 Å². The second-order valence-electron chi connectivity index (χ2n) is 5.25. The molecule has 0 bridgehead atoms. The van der Waals surface area contributed by atoms with Gasteiger partial charge in [-0.3, -0.25) is 9.48 Å². The van der Waals surface area contributed by atoms with E-state index in [2.05, 4.69) is 15.7 Å². The zero-order valence-corrected chi connectivity index (χ0v) is 11.6. The van der Waals surface area contributed by atoms with Crippen molar-refractivity contribution in [3.63, 3.8) is 0 Å². The van der Waals surface area contributed by atoms with Gasteiger partial charge in [-0.15, -0.1) is 0 Å². The van der Waals surface area contributed by atoms with Crippen LogP contribution in [-0.4, -0.2) is 39.5 Å². The molecule has 1 amide bonds. The lowest BCUT2D eigenvalue weighted by molar-refractivity contribution is -0.117. The number of hydrogen-bond donors (Lipinski definition) is 3. The average molecular weight is 286 g/mol. The molecule has 1 aromatic heterocycles. The van der Waals surface area contributed by atoms with E-state index in [4.69, 9.17) is 0 Å². The number of aliphatic hydroxyl groups is 1. The number of nitrogens with zero attached hydrogens (tertiary/aromatic N) is 2. The van der Waals surface area contributed by atoms with Crippen LogP contribution in [0.3, 0.4) is 0 Å². The molecule has 0 saturated carbocycles. The van der Waals surface area contributed by atoms with Crippen LogP contribution >= 0.6 is 0 Å². The third-order valence-electron chi connectivity index (χ3n) is 3.51. The first-order chi connectivity index (χ1) is 10.2. The largest absolute Gasteiger partial charge is 0.392 e. The molecule has 21 heavy (non-hydrogen) atoms. The van der Waals surface area contributed by atoms with Gasteiger partial charge in [-0.1, -0.05) is 30.3 Å². The van der Waals surface area contributed by atoms with Gasteiger partial charge < -0.3 is 15.7 Å². The fraction of sp³-hybridized carbons (Fsp3) is 0.333. The smallest absolute Gasteiger partial charge is 0.241 e. The lowest BCUT2D eigenvalue weighted by Crippen LogP contribution is -2.35. The lowest BCUT2D eigenvalue weighted by Gasteiger charge is -2.09. The Balaban J connectivity index is 1.59. The maximum Gasteiger partial charge on any atom is 0.241 e. The lowest BCUT2D eigenvalue weighted by atomic mass is 10.2. The Hall–Kier alpha value is -2.18. The summed E-state index contributed by atoms with van der Waals surface area (Å²) >= 11 is 0. The van der Waals surface area contributed by atoms with Crippen LogP contribution in [0, 0.1) is 0 Å².